The molecule has 0 saturated carbocycles. The Morgan fingerprint density at radius 3 is 2.27 bits per heavy atom. The molecule has 0 bridgehead atoms. The molecule has 4 aromatic rings. The number of halogens is 5. The molecule has 0 aliphatic carbocycles. The van der Waals surface area contributed by atoms with Gasteiger partial charge in [-0.2, -0.15) is 13.1 Å². The number of carboxylic acid groups (broad SMARTS) is 1. The number of nitrogens with zero attached hydrogens (tertiary/aromatic N) is 6. The van der Waals surface area contributed by atoms with Gasteiger partial charge in [-0.1, -0.05) is 36.8 Å². The fourth-order valence-electron chi connectivity index (χ4n) is 4.22. The molecule has 3 heterocycles. The van der Waals surface area contributed by atoms with Crippen molar-refractivity contribution in [3.05, 3.63) is 71.6 Å². The van der Waals surface area contributed by atoms with E-state index in [4.69, 9.17) is 5.73 Å². The molecule has 1 saturated heterocycles. The number of sulfonamides is 1. The molecule has 0 unspecified atom stereocenters. The number of nitrogens with one attached hydrogen (secondary N) is 1. The van der Waals surface area contributed by atoms with E-state index in [-0.39, 0.29) is 48.7 Å². The first-order valence-electron chi connectivity index (χ1n) is 13.1. The van der Waals surface area contributed by atoms with Gasteiger partial charge in [0.15, 0.2) is 0 Å². The number of fused-ring (bicyclic) bond motifs is 1. The lowest BCUT2D eigenvalue weighted by molar-refractivity contribution is -0.274. The van der Waals surface area contributed by atoms with Crippen LogP contribution >= 0.6 is 11.7 Å². The predicted octanol–water partition coefficient (Wildman–Crippen LogP) is 5.08. The average molecular weight is 675 g/mol. The molecule has 2 aromatic carbocycles. The van der Waals surface area contributed by atoms with Crippen molar-refractivity contribution in [2.75, 3.05) is 24.5 Å². The second-order valence-corrected chi connectivity index (χ2v) is 11.9. The minimum absolute atomic E-state index is 0.0344. The molecule has 242 valence electrons. The number of carbonyl (C=O) groups is 1. The number of aliphatic carboxylic acids is 1. The number of ether oxygens (including phenoxy) is 1. The predicted molar refractivity (Wildman–Crippen MR) is 152 cm³/mol. The highest BCUT2D eigenvalue weighted by Crippen LogP contribution is 2.31. The number of anilines is 1. The number of aromatic nitrogens is 4. The van der Waals surface area contributed by atoms with E-state index in [9.17, 15) is 40.3 Å². The van der Waals surface area contributed by atoms with E-state index in [1.165, 1.54) is 25.3 Å². The van der Waals surface area contributed by atoms with E-state index in [1.54, 1.807) is 17.0 Å². The summed E-state index contributed by atoms with van der Waals surface area (Å²) in [6.45, 7) is 1.28. The Labute approximate surface area is 257 Å². The van der Waals surface area contributed by atoms with Crippen LogP contribution in [-0.4, -0.2) is 74.6 Å². The van der Waals surface area contributed by atoms with Crippen molar-refractivity contribution in [1.29, 1.82) is 0 Å². The van der Waals surface area contributed by atoms with E-state index < -0.39 is 40.1 Å². The summed E-state index contributed by atoms with van der Waals surface area (Å²) in [5.41, 5.74) is 8.45. The van der Waals surface area contributed by atoms with Crippen LogP contribution in [0.4, 0.5) is 27.8 Å². The van der Waals surface area contributed by atoms with Gasteiger partial charge in [0.2, 0.25) is 21.3 Å². The highest BCUT2D eigenvalue weighted by atomic mass is 32.2. The van der Waals surface area contributed by atoms with Crippen molar-refractivity contribution < 1.29 is 45.0 Å². The zero-order valence-electron chi connectivity index (χ0n) is 23.3. The highest BCUT2D eigenvalue weighted by molar-refractivity contribution is 7.89. The number of benzene rings is 2. The van der Waals surface area contributed by atoms with E-state index in [0.717, 1.165) is 45.9 Å². The topological polar surface area (TPSA) is 163 Å². The van der Waals surface area contributed by atoms with Crippen LogP contribution in [0.5, 0.6) is 5.75 Å². The number of piperazine rings is 1. The van der Waals surface area contributed by atoms with Gasteiger partial charge in [-0.25, -0.2) is 27.2 Å². The third kappa shape index (κ3) is 8.16. The summed E-state index contributed by atoms with van der Waals surface area (Å²) >= 11 is 0.922. The number of hydrogen-bond donors (Lipinski definition) is 1. The highest BCUT2D eigenvalue weighted by Gasteiger charge is 2.41. The number of rotatable bonds is 8. The van der Waals surface area contributed by atoms with Crippen LogP contribution in [0, 0.1) is 0 Å². The Hall–Kier alpha value is -4.07. The van der Waals surface area contributed by atoms with Crippen molar-refractivity contribution in [2.45, 2.75) is 43.1 Å². The van der Waals surface area contributed by atoms with Gasteiger partial charge in [-0.3, -0.25) is 4.79 Å². The quantitative estimate of drug-likeness (QED) is 0.249. The van der Waals surface area contributed by atoms with Gasteiger partial charge in [0, 0.05) is 31.6 Å². The third-order valence-corrected chi connectivity index (χ3v) is 9.04. The lowest BCUT2D eigenvalue weighted by Crippen LogP contribution is -2.58. The van der Waals surface area contributed by atoms with Crippen molar-refractivity contribution >= 4 is 44.8 Å². The minimum atomic E-state index is -4.92. The standard InChI is InChI=1S/C16H13F3N6O5S2.C10H12F2N/c17-16(18,19)30-9-1-3-10(4-2-9)32(28,29)25-6-5-24(8-11(25)15(26)27)12-7-20-13-14(21-12)23-31-22-13;1-2-10(11,12)9-5-3-8(7-13)4-6-9/h1-4,7,11H,5-6,8H2,(H,26,27);3-6,13H,2,7H2,1H3/q;-1/t11-;/m1./s1. The van der Waals surface area contributed by atoms with Crippen LogP contribution in [0.1, 0.15) is 24.5 Å². The van der Waals surface area contributed by atoms with Gasteiger partial charge in [0.05, 0.1) is 22.8 Å². The van der Waals surface area contributed by atoms with Crippen LogP contribution in [-0.2, 0) is 27.3 Å². The van der Waals surface area contributed by atoms with Crippen LogP contribution < -0.4 is 9.64 Å². The van der Waals surface area contributed by atoms with Crippen LogP contribution in [0.15, 0.2) is 59.6 Å². The first kappa shape index (κ1) is 33.8. The summed E-state index contributed by atoms with van der Waals surface area (Å²) in [6.07, 6.45) is -3.72. The molecule has 45 heavy (non-hydrogen) atoms. The zero-order valence-corrected chi connectivity index (χ0v) is 24.9. The monoisotopic (exact) mass is 674 g/mol. The fourth-order valence-corrected chi connectivity index (χ4v) is 6.23. The number of carboxylic acids is 1. The van der Waals surface area contributed by atoms with Crippen molar-refractivity contribution in [1.82, 2.24) is 23.0 Å². The van der Waals surface area contributed by atoms with Crippen LogP contribution in [0.2, 0.25) is 0 Å². The van der Waals surface area contributed by atoms with Gasteiger partial charge < -0.3 is 20.5 Å². The third-order valence-electron chi connectivity index (χ3n) is 6.61. The van der Waals surface area contributed by atoms with Crippen molar-refractivity contribution in [3.8, 4) is 5.75 Å². The average Bonchev–Trinajstić information content (AvgIpc) is 3.49. The van der Waals surface area contributed by atoms with Gasteiger partial charge in [0.25, 0.3) is 5.92 Å². The summed E-state index contributed by atoms with van der Waals surface area (Å²) in [6, 6.07) is 8.02. The molecule has 0 amide bonds. The van der Waals surface area contributed by atoms with E-state index >= 15 is 0 Å². The first-order valence-corrected chi connectivity index (χ1v) is 15.2. The fraction of sp³-hybridized carbons (Fsp3) is 0.346. The Balaban J connectivity index is 0.000000297. The Kier molecular flexibility index (Phi) is 10.2. The Morgan fingerprint density at radius 2 is 1.69 bits per heavy atom. The van der Waals surface area contributed by atoms with Crippen molar-refractivity contribution in [3.63, 3.8) is 0 Å². The van der Waals surface area contributed by atoms with Gasteiger partial charge in [-0.05, 0) is 24.3 Å². The summed E-state index contributed by atoms with van der Waals surface area (Å²) in [4.78, 5) is 21.4. The lowest BCUT2D eigenvalue weighted by atomic mass is 10.0. The van der Waals surface area contributed by atoms with Gasteiger partial charge in [-0.15, -0.1) is 19.7 Å². The van der Waals surface area contributed by atoms with Crippen LogP contribution in [0.3, 0.4) is 0 Å². The summed E-state index contributed by atoms with van der Waals surface area (Å²) in [7, 11) is -4.32. The molecule has 12 nitrogen and oxygen atoms in total. The molecular weight excluding hydrogens is 649 g/mol. The number of hydrogen-bond acceptors (Lipinski definition) is 10. The largest absolute Gasteiger partial charge is 0.674 e. The lowest BCUT2D eigenvalue weighted by Gasteiger charge is -2.38. The van der Waals surface area contributed by atoms with Gasteiger partial charge >= 0.3 is 12.3 Å². The maximum Gasteiger partial charge on any atom is 0.573 e. The molecule has 0 spiro atoms. The maximum absolute atomic E-state index is 13.1. The molecule has 1 atom stereocenters. The molecule has 2 aromatic heterocycles. The van der Waals surface area contributed by atoms with E-state index in [0.29, 0.717) is 11.5 Å². The maximum atomic E-state index is 13.1. The molecule has 1 fully saturated rings. The van der Waals surface area contributed by atoms with Crippen molar-refractivity contribution in [2.24, 2.45) is 0 Å². The Bertz CT molecular complexity index is 1720. The Morgan fingerprint density at radius 1 is 1.04 bits per heavy atom. The number of alkyl halides is 5. The van der Waals surface area contributed by atoms with E-state index in [1.807, 2.05) is 0 Å². The molecular formula is C26H25F5N7O5S2-. The molecule has 19 heteroatoms. The first-order chi connectivity index (χ1) is 21.1. The SMILES string of the molecule is CCC(F)(F)c1ccc(C[NH-])cc1.O=C(O)[C@H]1CN(c2cnc3nsnc3n2)CCN1S(=O)(=O)c1ccc(OC(F)(F)F)cc1. The smallest absolute Gasteiger partial charge is 0.573 e. The molecule has 2 N–H and O–H groups in total. The second-order valence-electron chi connectivity index (χ2n) is 9.51. The van der Waals surface area contributed by atoms with Crippen LogP contribution in [0.25, 0.3) is 17.0 Å². The van der Waals surface area contributed by atoms with Gasteiger partial charge in [0.1, 0.15) is 17.6 Å². The molecule has 1 aliphatic heterocycles. The minimum Gasteiger partial charge on any atom is -0.674 e. The molecule has 5 rings (SSSR count). The van der Waals surface area contributed by atoms with E-state index in [2.05, 4.69) is 23.5 Å². The second kappa shape index (κ2) is 13.5. The normalized spacial score (nSPS) is 16.2. The summed E-state index contributed by atoms with van der Waals surface area (Å²) in [5, 5.41) is 9.66. The molecule has 1 aliphatic rings. The zero-order chi connectivity index (χ0) is 33.0. The summed E-state index contributed by atoms with van der Waals surface area (Å²) in [5.74, 6) is -4.40. The molecule has 0 radical (unpaired) electrons. The summed E-state index contributed by atoms with van der Waals surface area (Å²) < 4.78 is 102.